The van der Waals surface area contributed by atoms with Gasteiger partial charge in [0.15, 0.2) is 5.96 Å². The molecular formula is C18H36N4O. The van der Waals surface area contributed by atoms with Gasteiger partial charge in [-0.15, -0.1) is 0 Å². The molecule has 0 aromatic rings. The van der Waals surface area contributed by atoms with Crippen molar-refractivity contribution in [1.29, 1.82) is 0 Å². The molecule has 134 valence electrons. The van der Waals surface area contributed by atoms with Gasteiger partial charge in [0.2, 0.25) is 5.91 Å². The molecule has 2 N–H and O–H groups in total. The monoisotopic (exact) mass is 324 g/mol. The minimum Gasteiger partial charge on any atom is -0.357 e. The third-order valence-electron chi connectivity index (χ3n) is 4.25. The van der Waals surface area contributed by atoms with Crippen LogP contribution in [0.2, 0.25) is 0 Å². The Kier molecular flexibility index (Phi) is 7.86. The molecule has 1 amide bonds. The molecule has 1 aliphatic carbocycles. The zero-order chi connectivity index (χ0) is 17.5. The lowest BCUT2D eigenvalue weighted by atomic mass is 9.83. The van der Waals surface area contributed by atoms with Crippen LogP contribution < -0.4 is 10.6 Å². The predicted molar refractivity (Wildman–Crippen MR) is 97.6 cm³/mol. The van der Waals surface area contributed by atoms with Crippen LogP contribution in [0.15, 0.2) is 4.99 Å². The van der Waals surface area contributed by atoms with E-state index < -0.39 is 0 Å². The van der Waals surface area contributed by atoms with Crippen molar-refractivity contribution < 1.29 is 4.79 Å². The molecule has 1 fully saturated rings. The van der Waals surface area contributed by atoms with E-state index in [1.165, 1.54) is 25.7 Å². The molecule has 1 rings (SSSR count). The van der Waals surface area contributed by atoms with Crippen LogP contribution in [0, 0.1) is 11.8 Å². The summed E-state index contributed by atoms with van der Waals surface area (Å²) in [5.41, 5.74) is -0.213. The van der Waals surface area contributed by atoms with Crippen LogP contribution in [0.5, 0.6) is 0 Å². The molecule has 0 aliphatic heterocycles. The number of aliphatic imine (C=N–C) groups is 1. The number of guanidine groups is 1. The van der Waals surface area contributed by atoms with E-state index in [2.05, 4.69) is 41.4 Å². The number of carbonyl (C=O) groups excluding carboxylic acids is 1. The molecule has 0 aromatic heterocycles. The Labute approximate surface area is 142 Å². The lowest BCUT2D eigenvalue weighted by molar-refractivity contribution is -0.121. The fraction of sp³-hybridized carbons (Fsp3) is 0.889. The van der Waals surface area contributed by atoms with E-state index in [-0.39, 0.29) is 18.0 Å². The van der Waals surface area contributed by atoms with E-state index in [0.29, 0.717) is 0 Å². The minimum atomic E-state index is -0.213. The Morgan fingerprint density at radius 3 is 2.35 bits per heavy atom. The molecule has 0 aromatic carbocycles. The van der Waals surface area contributed by atoms with Crippen LogP contribution in [0.25, 0.3) is 0 Å². The van der Waals surface area contributed by atoms with Gasteiger partial charge in [0.25, 0.3) is 0 Å². The molecule has 23 heavy (non-hydrogen) atoms. The van der Waals surface area contributed by atoms with Crippen LogP contribution in [0.3, 0.4) is 0 Å². The summed E-state index contributed by atoms with van der Waals surface area (Å²) in [4.78, 5) is 18.6. The predicted octanol–water partition coefficient (Wildman–Crippen LogP) is 2.62. The van der Waals surface area contributed by atoms with Gasteiger partial charge < -0.3 is 15.5 Å². The van der Waals surface area contributed by atoms with Crippen molar-refractivity contribution >= 4 is 11.9 Å². The van der Waals surface area contributed by atoms with E-state index >= 15 is 0 Å². The molecule has 0 atom stereocenters. The molecule has 0 saturated heterocycles. The van der Waals surface area contributed by atoms with Crippen molar-refractivity contribution in [3.63, 3.8) is 0 Å². The molecule has 5 heteroatoms. The largest absolute Gasteiger partial charge is 0.357 e. The summed E-state index contributed by atoms with van der Waals surface area (Å²) in [5, 5.41) is 6.24. The zero-order valence-corrected chi connectivity index (χ0v) is 15.9. The topological polar surface area (TPSA) is 56.7 Å². The highest BCUT2D eigenvalue weighted by molar-refractivity contribution is 5.85. The fourth-order valence-corrected chi connectivity index (χ4v) is 3.06. The van der Waals surface area contributed by atoms with Crippen molar-refractivity contribution in [3.8, 4) is 0 Å². The number of carbonyl (C=O) groups is 1. The first-order valence-electron chi connectivity index (χ1n) is 9.01. The van der Waals surface area contributed by atoms with Crippen molar-refractivity contribution in [3.05, 3.63) is 0 Å². The SMILES string of the molecule is CCNC(=NCC(=O)NC(C)(C)C)N(C)CC1CCC(C)CC1. The van der Waals surface area contributed by atoms with Gasteiger partial charge in [0.05, 0.1) is 0 Å². The van der Waals surface area contributed by atoms with E-state index in [0.717, 1.165) is 30.9 Å². The number of amides is 1. The molecule has 0 heterocycles. The van der Waals surface area contributed by atoms with Gasteiger partial charge in [-0.05, 0) is 52.4 Å². The summed E-state index contributed by atoms with van der Waals surface area (Å²) in [6.45, 7) is 12.3. The maximum Gasteiger partial charge on any atom is 0.242 e. The highest BCUT2D eigenvalue weighted by Crippen LogP contribution is 2.28. The normalized spacial score (nSPS) is 22.6. The lowest BCUT2D eigenvalue weighted by Crippen LogP contribution is -2.44. The van der Waals surface area contributed by atoms with Gasteiger partial charge in [-0.3, -0.25) is 4.79 Å². The highest BCUT2D eigenvalue weighted by Gasteiger charge is 2.21. The van der Waals surface area contributed by atoms with Crippen molar-refractivity contribution in [1.82, 2.24) is 15.5 Å². The second-order valence-electron chi connectivity index (χ2n) is 7.97. The van der Waals surface area contributed by atoms with Crippen LogP contribution in [0.1, 0.15) is 60.3 Å². The number of rotatable bonds is 5. The Morgan fingerprint density at radius 1 is 1.22 bits per heavy atom. The first-order chi connectivity index (χ1) is 10.7. The summed E-state index contributed by atoms with van der Waals surface area (Å²) in [6.07, 6.45) is 5.27. The first-order valence-corrected chi connectivity index (χ1v) is 9.01. The van der Waals surface area contributed by atoms with Crippen molar-refractivity contribution in [2.45, 2.75) is 65.8 Å². The van der Waals surface area contributed by atoms with Gasteiger partial charge in [0.1, 0.15) is 6.54 Å². The van der Waals surface area contributed by atoms with E-state index in [9.17, 15) is 4.79 Å². The molecule has 1 aliphatic rings. The Morgan fingerprint density at radius 2 is 1.83 bits per heavy atom. The van der Waals surface area contributed by atoms with Crippen LogP contribution in [-0.2, 0) is 4.79 Å². The Bertz CT molecular complexity index is 392. The number of hydrogen-bond donors (Lipinski definition) is 2. The van der Waals surface area contributed by atoms with Gasteiger partial charge >= 0.3 is 0 Å². The van der Waals surface area contributed by atoms with Crippen LogP contribution in [-0.4, -0.2) is 49.0 Å². The van der Waals surface area contributed by atoms with Crippen LogP contribution >= 0.6 is 0 Å². The Balaban J connectivity index is 2.54. The maximum absolute atomic E-state index is 12.0. The molecule has 0 unspecified atom stereocenters. The molecule has 5 nitrogen and oxygen atoms in total. The van der Waals surface area contributed by atoms with Gasteiger partial charge in [-0.1, -0.05) is 19.8 Å². The summed E-state index contributed by atoms with van der Waals surface area (Å²) in [6, 6.07) is 0. The van der Waals surface area contributed by atoms with Gasteiger partial charge in [0, 0.05) is 25.7 Å². The number of nitrogens with zero attached hydrogens (tertiary/aromatic N) is 2. The minimum absolute atomic E-state index is 0.0344. The lowest BCUT2D eigenvalue weighted by Gasteiger charge is -2.31. The third kappa shape index (κ3) is 8.24. The second kappa shape index (κ2) is 9.14. The highest BCUT2D eigenvalue weighted by atomic mass is 16.2. The third-order valence-corrected chi connectivity index (χ3v) is 4.25. The second-order valence-corrected chi connectivity index (χ2v) is 7.97. The summed E-state index contributed by atoms with van der Waals surface area (Å²) in [7, 11) is 2.07. The molecule has 0 spiro atoms. The molecule has 0 bridgehead atoms. The smallest absolute Gasteiger partial charge is 0.242 e. The fourth-order valence-electron chi connectivity index (χ4n) is 3.06. The standard InChI is InChI=1S/C18H36N4O/c1-7-19-17(20-12-16(23)21-18(3,4)5)22(6)13-15-10-8-14(2)9-11-15/h14-15H,7-13H2,1-6H3,(H,19,20)(H,21,23). The molecule has 1 saturated carbocycles. The van der Waals surface area contributed by atoms with Crippen molar-refractivity contribution in [2.24, 2.45) is 16.8 Å². The number of nitrogens with one attached hydrogen (secondary N) is 2. The van der Waals surface area contributed by atoms with E-state index in [1.807, 2.05) is 20.8 Å². The average Bonchev–Trinajstić information content (AvgIpc) is 2.44. The summed E-state index contributed by atoms with van der Waals surface area (Å²) < 4.78 is 0. The summed E-state index contributed by atoms with van der Waals surface area (Å²) >= 11 is 0. The molecular weight excluding hydrogens is 288 g/mol. The van der Waals surface area contributed by atoms with Crippen molar-refractivity contribution in [2.75, 3.05) is 26.7 Å². The Hall–Kier alpha value is -1.26. The van der Waals surface area contributed by atoms with Gasteiger partial charge in [-0.2, -0.15) is 0 Å². The summed E-state index contributed by atoms with van der Waals surface area (Å²) in [5.74, 6) is 2.41. The van der Waals surface area contributed by atoms with Gasteiger partial charge in [-0.25, -0.2) is 4.99 Å². The molecule has 0 radical (unpaired) electrons. The van der Waals surface area contributed by atoms with E-state index in [4.69, 9.17) is 0 Å². The van der Waals surface area contributed by atoms with Crippen LogP contribution in [0.4, 0.5) is 0 Å². The average molecular weight is 325 g/mol. The quantitative estimate of drug-likeness (QED) is 0.604. The number of hydrogen-bond acceptors (Lipinski definition) is 2. The van der Waals surface area contributed by atoms with E-state index in [1.54, 1.807) is 0 Å². The maximum atomic E-state index is 12.0. The zero-order valence-electron chi connectivity index (χ0n) is 15.9. The first kappa shape index (κ1) is 19.8.